The van der Waals surface area contributed by atoms with Gasteiger partial charge in [-0.15, -0.1) is 0 Å². The molecular weight excluding hydrogens is 388 g/mol. The number of halogens is 1. The highest BCUT2D eigenvalue weighted by Crippen LogP contribution is 2.24. The van der Waals surface area contributed by atoms with E-state index in [0.29, 0.717) is 35.1 Å². The van der Waals surface area contributed by atoms with Crippen molar-refractivity contribution >= 4 is 28.9 Å². The van der Waals surface area contributed by atoms with Gasteiger partial charge in [0.1, 0.15) is 10.8 Å². The van der Waals surface area contributed by atoms with Crippen LogP contribution in [0.2, 0.25) is 5.15 Å². The number of amides is 1. The van der Waals surface area contributed by atoms with Crippen molar-refractivity contribution in [3.63, 3.8) is 0 Å². The summed E-state index contributed by atoms with van der Waals surface area (Å²) in [5.74, 6) is -0.187. The van der Waals surface area contributed by atoms with Gasteiger partial charge in [0.25, 0.3) is 5.91 Å². The molecule has 2 heterocycles. The highest BCUT2D eigenvalue weighted by molar-refractivity contribution is 6.29. The normalized spacial score (nSPS) is 14.8. The summed E-state index contributed by atoms with van der Waals surface area (Å²) < 4.78 is 1.44. The second kappa shape index (κ2) is 8.33. The minimum atomic E-state index is -0.217. The molecule has 0 unspecified atom stereocenters. The van der Waals surface area contributed by atoms with Gasteiger partial charge in [0.2, 0.25) is 5.78 Å². The number of hydrogen-bond acceptors (Lipinski definition) is 4. The van der Waals surface area contributed by atoms with Gasteiger partial charge in [-0.25, -0.2) is 9.50 Å². The standard InChI is InChI=1S/C22H23ClN4O2/c1-2-26(17-6-4-3-5-7-17)22(29)16-10-8-15(9-11-16)21(28)18-14-24-20-13-12-19(23)25-27(18)20/h8-14,17H,2-7H2,1H3. The van der Waals surface area contributed by atoms with Crippen LogP contribution < -0.4 is 0 Å². The number of carbonyl (C=O) groups excluding carboxylic acids is 2. The summed E-state index contributed by atoms with van der Waals surface area (Å²) >= 11 is 5.95. The molecule has 0 atom stereocenters. The number of hydrogen-bond donors (Lipinski definition) is 0. The van der Waals surface area contributed by atoms with E-state index in [0.717, 1.165) is 12.8 Å². The number of carbonyl (C=O) groups is 2. The topological polar surface area (TPSA) is 67.6 Å². The molecule has 7 heteroatoms. The van der Waals surface area contributed by atoms with Crippen LogP contribution in [-0.4, -0.2) is 43.8 Å². The van der Waals surface area contributed by atoms with Crippen LogP contribution in [0, 0.1) is 0 Å². The molecule has 3 aromatic rings. The molecule has 0 spiro atoms. The van der Waals surface area contributed by atoms with Crippen LogP contribution in [0.4, 0.5) is 0 Å². The van der Waals surface area contributed by atoms with E-state index in [1.165, 1.54) is 30.0 Å². The van der Waals surface area contributed by atoms with Crippen molar-refractivity contribution in [1.82, 2.24) is 19.5 Å². The zero-order chi connectivity index (χ0) is 20.4. The third-order valence-corrected chi connectivity index (χ3v) is 5.78. The molecule has 0 radical (unpaired) electrons. The summed E-state index contributed by atoms with van der Waals surface area (Å²) in [4.78, 5) is 32.1. The number of aromatic nitrogens is 3. The quantitative estimate of drug-likeness (QED) is 0.584. The molecule has 0 aliphatic heterocycles. The van der Waals surface area contributed by atoms with Crippen molar-refractivity contribution in [2.24, 2.45) is 0 Å². The average Bonchev–Trinajstić information content (AvgIpc) is 3.17. The van der Waals surface area contributed by atoms with Gasteiger partial charge < -0.3 is 4.90 Å². The molecule has 2 aromatic heterocycles. The Hall–Kier alpha value is -2.73. The average molecular weight is 411 g/mol. The van der Waals surface area contributed by atoms with Crippen molar-refractivity contribution in [3.8, 4) is 0 Å². The summed E-state index contributed by atoms with van der Waals surface area (Å²) in [6.45, 7) is 2.71. The molecule has 6 nitrogen and oxygen atoms in total. The molecule has 150 valence electrons. The Morgan fingerprint density at radius 3 is 2.45 bits per heavy atom. The van der Waals surface area contributed by atoms with Gasteiger partial charge in [-0.05, 0) is 44.0 Å². The lowest BCUT2D eigenvalue weighted by Crippen LogP contribution is -2.41. The third kappa shape index (κ3) is 3.90. The zero-order valence-corrected chi connectivity index (χ0v) is 17.1. The van der Waals surface area contributed by atoms with Gasteiger partial charge in [-0.1, -0.05) is 43.0 Å². The molecule has 1 aliphatic carbocycles. The fraction of sp³-hybridized carbons (Fsp3) is 0.364. The van der Waals surface area contributed by atoms with E-state index in [9.17, 15) is 9.59 Å². The van der Waals surface area contributed by atoms with Crippen molar-refractivity contribution in [1.29, 1.82) is 0 Å². The van der Waals surface area contributed by atoms with Crippen LogP contribution >= 0.6 is 11.6 Å². The second-order valence-electron chi connectivity index (χ2n) is 7.36. The predicted molar refractivity (Wildman–Crippen MR) is 111 cm³/mol. The Kier molecular flexibility index (Phi) is 5.62. The van der Waals surface area contributed by atoms with Crippen molar-refractivity contribution in [2.75, 3.05) is 6.54 Å². The van der Waals surface area contributed by atoms with Gasteiger partial charge in [0, 0.05) is 23.7 Å². The van der Waals surface area contributed by atoms with Crippen LogP contribution in [-0.2, 0) is 0 Å². The van der Waals surface area contributed by atoms with Crippen LogP contribution in [0.3, 0.4) is 0 Å². The maximum absolute atomic E-state index is 13.0. The predicted octanol–water partition coefficient (Wildman–Crippen LogP) is 4.41. The SMILES string of the molecule is CCN(C(=O)c1ccc(C(=O)c2cnc3ccc(Cl)nn23)cc1)C1CCCCC1. The summed E-state index contributed by atoms with van der Waals surface area (Å²) in [5, 5.41) is 4.44. The van der Waals surface area contributed by atoms with Crippen LogP contribution in [0.25, 0.3) is 5.65 Å². The van der Waals surface area contributed by atoms with E-state index in [4.69, 9.17) is 11.6 Å². The molecule has 0 saturated heterocycles. The first-order chi connectivity index (χ1) is 14.1. The second-order valence-corrected chi connectivity index (χ2v) is 7.75. The van der Waals surface area contributed by atoms with Crippen LogP contribution in [0.15, 0.2) is 42.6 Å². The smallest absolute Gasteiger partial charge is 0.254 e. The maximum Gasteiger partial charge on any atom is 0.254 e. The summed E-state index contributed by atoms with van der Waals surface area (Å²) in [6, 6.07) is 10.5. The maximum atomic E-state index is 13.0. The highest BCUT2D eigenvalue weighted by Gasteiger charge is 2.25. The number of benzene rings is 1. The lowest BCUT2D eigenvalue weighted by Gasteiger charge is -2.33. The molecule has 0 N–H and O–H groups in total. The van der Waals surface area contributed by atoms with E-state index in [1.54, 1.807) is 36.4 Å². The molecular formula is C22H23ClN4O2. The molecule has 1 amide bonds. The van der Waals surface area contributed by atoms with Crippen LogP contribution in [0.1, 0.15) is 65.4 Å². The van der Waals surface area contributed by atoms with E-state index < -0.39 is 0 Å². The van der Waals surface area contributed by atoms with Gasteiger partial charge >= 0.3 is 0 Å². The third-order valence-electron chi connectivity index (χ3n) is 5.57. The first kappa shape index (κ1) is 19.6. The Bertz CT molecular complexity index is 1040. The fourth-order valence-electron chi connectivity index (χ4n) is 4.04. The Morgan fingerprint density at radius 2 is 1.76 bits per heavy atom. The van der Waals surface area contributed by atoms with Gasteiger partial charge in [-0.2, -0.15) is 5.10 Å². The van der Waals surface area contributed by atoms with E-state index in [2.05, 4.69) is 10.1 Å². The molecule has 1 saturated carbocycles. The number of nitrogens with zero attached hydrogens (tertiary/aromatic N) is 4. The molecule has 4 rings (SSSR count). The molecule has 1 aromatic carbocycles. The Balaban J connectivity index is 1.55. The first-order valence-corrected chi connectivity index (χ1v) is 10.4. The lowest BCUT2D eigenvalue weighted by molar-refractivity contribution is 0.0647. The molecule has 29 heavy (non-hydrogen) atoms. The van der Waals surface area contributed by atoms with E-state index in [1.807, 2.05) is 11.8 Å². The fourth-order valence-corrected chi connectivity index (χ4v) is 4.18. The van der Waals surface area contributed by atoms with E-state index >= 15 is 0 Å². The summed E-state index contributed by atoms with van der Waals surface area (Å²) in [7, 11) is 0. The van der Waals surface area contributed by atoms with Crippen LogP contribution in [0.5, 0.6) is 0 Å². The van der Waals surface area contributed by atoms with Crippen molar-refractivity contribution < 1.29 is 9.59 Å². The summed E-state index contributed by atoms with van der Waals surface area (Å²) in [6.07, 6.45) is 7.24. The first-order valence-electron chi connectivity index (χ1n) is 10.0. The Morgan fingerprint density at radius 1 is 1.07 bits per heavy atom. The molecule has 1 aliphatic rings. The lowest BCUT2D eigenvalue weighted by atomic mass is 9.93. The number of imidazole rings is 1. The monoisotopic (exact) mass is 410 g/mol. The number of rotatable bonds is 5. The van der Waals surface area contributed by atoms with Gasteiger partial charge in [0.05, 0.1) is 6.20 Å². The molecule has 1 fully saturated rings. The van der Waals surface area contributed by atoms with E-state index in [-0.39, 0.29) is 16.8 Å². The Labute approximate surface area is 174 Å². The number of ketones is 1. The van der Waals surface area contributed by atoms with Crippen molar-refractivity contribution in [2.45, 2.75) is 45.1 Å². The minimum absolute atomic E-state index is 0.0293. The molecule has 0 bridgehead atoms. The number of fused-ring (bicyclic) bond motifs is 1. The van der Waals surface area contributed by atoms with Gasteiger partial charge in [-0.3, -0.25) is 9.59 Å². The largest absolute Gasteiger partial charge is 0.336 e. The van der Waals surface area contributed by atoms with Gasteiger partial charge in [0.15, 0.2) is 5.65 Å². The highest BCUT2D eigenvalue weighted by atomic mass is 35.5. The summed E-state index contributed by atoms with van der Waals surface area (Å²) in [5.41, 5.74) is 1.97. The van der Waals surface area contributed by atoms with Crippen molar-refractivity contribution in [3.05, 3.63) is 64.6 Å². The zero-order valence-electron chi connectivity index (χ0n) is 16.3. The minimum Gasteiger partial charge on any atom is -0.336 e.